The highest BCUT2D eigenvalue weighted by Crippen LogP contribution is 2.35. The first-order chi connectivity index (χ1) is 19.0. The molecule has 0 aromatic heterocycles. The number of amides is 1. The van der Waals surface area contributed by atoms with Crippen LogP contribution in [0.1, 0.15) is 19.3 Å². The number of aliphatic hydroxyl groups excluding tert-OH is 5. The van der Waals surface area contributed by atoms with E-state index < -0.39 is 104 Å². The predicted octanol–water partition coefficient (Wildman–Crippen LogP) is -6.80. The van der Waals surface area contributed by atoms with Crippen molar-refractivity contribution >= 4 is 5.91 Å². The Kier molecular flexibility index (Phi) is 10.7. The van der Waals surface area contributed by atoms with Crippen molar-refractivity contribution in [1.82, 2.24) is 10.6 Å². The van der Waals surface area contributed by atoms with Gasteiger partial charge in [0.05, 0.1) is 43.5 Å². The quantitative estimate of drug-likeness (QED) is 0.127. The lowest BCUT2D eigenvalue weighted by molar-refractivity contribution is -0.373. The number of nitrogens with one attached hydrogen (secondary N) is 2. The van der Waals surface area contributed by atoms with E-state index >= 15 is 0 Å². The SMILES string of the molecule is CNC1C(O[C@H]2OC(CO)[C@@H](NC(=O)CN)[C@H](O)C2O)O[C@H]2CC(N)[C@@H](O[C@@H]3C(N)C[C@@H](N)C[C@H]3O)OC2C1O. The fourth-order valence-corrected chi connectivity index (χ4v) is 5.88. The molecule has 0 radical (unpaired) electrons. The van der Waals surface area contributed by atoms with E-state index in [1.165, 1.54) is 0 Å². The molecule has 17 heteroatoms. The highest BCUT2D eigenvalue weighted by atomic mass is 16.8. The Morgan fingerprint density at radius 3 is 2.23 bits per heavy atom. The molecule has 0 aromatic rings. The highest BCUT2D eigenvalue weighted by Gasteiger charge is 2.54. The minimum absolute atomic E-state index is 0.184. The van der Waals surface area contributed by atoms with Crippen LogP contribution in [0.3, 0.4) is 0 Å². The van der Waals surface area contributed by atoms with Gasteiger partial charge in [0.2, 0.25) is 5.91 Å². The van der Waals surface area contributed by atoms with Gasteiger partial charge in [-0.15, -0.1) is 0 Å². The number of ether oxygens (including phenoxy) is 5. The first kappa shape index (κ1) is 31.8. The number of rotatable bonds is 8. The first-order valence-corrected chi connectivity index (χ1v) is 13.5. The molecule has 15 N–H and O–H groups in total. The minimum atomic E-state index is -1.65. The van der Waals surface area contributed by atoms with Gasteiger partial charge in [0.1, 0.15) is 36.6 Å². The van der Waals surface area contributed by atoms with E-state index in [9.17, 15) is 30.3 Å². The monoisotopic (exact) mass is 580 g/mol. The van der Waals surface area contributed by atoms with Gasteiger partial charge in [0.15, 0.2) is 18.9 Å². The van der Waals surface area contributed by atoms with Crippen LogP contribution in [-0.4, -0.2) is 150 Å². The summed E-state index contributed by atoms with van der Waals surface area (Å²) in [5.74, 6) is -0.614. The molecule has 0 aromatic carbocycles. The summed E-state index contributed by atoms with van der Waals surface area (Å²) in [6.45, 7) is -0.973. The lowest BCUT2D eigenvalue weighted by Crippen LogP contribution is -2.70. The summed E-state index contributed by atoms with van der Waals surface area (Å²) in [5.41, 5.74) is 23.7. The molecule has 4 rings (SSSR count). The maximum atomic E-state index is 11.7. The highest BCUT2D eigenvalue weighted by molar-refractivity contribution is 5.78. The predicted molar refractivity (Wildman–Crippen MR) is 135 cm³/mol. The van der Waals surface area contributed by atoms with Gasteiger partial charge in [-0.1, -0.05) is 0 Å². The summed E-state index contributed by atoms with van der Waals surface area (Å²) in [7, 11) is 1.55. The zero-order chi connectivity index (χ0) is 29.3. The van der Waals surface area contributed by atoms with Crippen LogP contribution < -0.4 is 33.6 Å². The number of likely N-dealkylation sites (N-methyl/N-ethyl adjacent to an activating group) is 1. The molecule has 0 bridgehead atoms. The summed E-state index contributed by atoms with van der Waals surface area (Å²) in [4.78, 5) is 11.7. The van der Waals surface area contributed by atoms with E-state index in [0.29, 0.717) is 12.8 Å². The Morgan fingerprint density at radius 1 is 0.875 bits per heavy atom. The maximum absolute atomic E-state index is 11.7. The van der Waals surface area contributed by atoms with Crippen LogP contribution in [0.15, 0.2) is 0 Å². The Hall–Kier alpha value is -1.13. The molecular weight excluding hydrogens is 536 g/mol. The number of fused-ring (bicyclic) bond motifs is 1. The van der Waals surface area contributed by atoms with Crippen LogP contribution in [0.4, 0.5) is 0 Å². The molecule has 40 heavy (non-hydrogen) atoms. The van der Waals surface area contributed by atoms with Crippen LogP contribution >= 0.6 is 0 Å². The zero-order valence-electron chi connectivity index (χ0n) is 22.3. The van der Waals surface area contributed by atoms with Gasteiger partial charge in [0.25, 0.3) is 0 Å². The van der Waals surface area contributed by atoms with Crippen LogP contribution in [-0.2, 0) is 28.5 Å². The second kappa shape index (κ2) is 13.4. The Balaban J connectivity index is 1.42. The summed E-state index contributed by atoms with van der Waals surface area (Å²) in [5, 5.41) is 58.1. The molecule has 0 spiro atoms. The normalized spacial score (nSPS) is 49.8. The van der Waals surface area contributed by atoms with Crippen molar-refractivity contribution < 1.29 is 54.0 Å². The number of aliphatic hydroxyl groups is 5. The number of carbonyl (C=O) groups excluding carboxylic acids is 1. The maximum Gasteiger partial charge on any atom is 0.234 e. The van der Waals surface area contributed by atoms with Crippen LogP contribution in [0.5, 0.6) is 0 Å². The van der Waals surface area contributed by atoms with Crippen molar-refractivity contribution in [2.75, 3.05) is 20.2 Å². The largest absolute Gasteiger partial charge is 0.394 e. The molecule has 1 amide bonds. The van der Waals surface area contributed by atoms with Gasteiger partial charge in [-0.2, -0.15) is 0 Å². The smallest absolute Gasteiger partial charge is 0.234 e. The van der Waals surface area contributed by atoms with E-state index in [-0.39, 0.29) is 19.0 Å². The molecule has 8 unspecified atom stereocenters. The molecule has 3 saturated heterocycles. The van der Waals surface area contributed by atoms with Crippen LogP contribution in [0.2, 0.25) is 0 Å². The van der Waals surface area contributed by atoms with Crippen molar-refractivity contribution in [3.05, 3.63) is 0 Å². The average Bonchev–Trinajstić information content (AvgIpc) is 2.90. The van der Waals surface area contributed by atoms with Crippen molar-refractivity contribution in [3.8, 4) is 0 Å². The van der Waals surface area contributed by atoms with Gasteiger partial charge < -0.3 is 82.8 Å². The number of hydrogen-bond donors (Lipinski definition) is 11. The Bertz CT molecular complexity index is 833. The van der Waals surface area contributed by atoms with Crippen molar-refractivity contribution in [2.45, 2.75) is 117 Å². The lowest BCUT2D eigenvalue weighted by Gasteiger charge is -2.51. The first-order valence-electron chi connectivity index (χ1n) is 13.5. The lowest BCUT2D eigenvalue weighted by atomic mass is 9.86. The Labute approximate surface area is 231 Å². The Morgan fingerprint density at radius 2 is 1.60 bits per heavy atom. The van der Waals surface area contributed by atoms with E-state index in [1.807, 2.05) is 0 Å². The standard InChI is InChI=1S/C23H44N6O11/c1-28-15-17(34)20-11(4-9(27)21(39-20)38-19-8(26)2-7(25)3-10(19)31)36-22(15)40-23-18(35)16(33)14(12(6-30)37-23)29-13(32)5-24/h7-12,14-23,28,30-31,33-35H,2-6,24-27H2,1H3,(H,29,32)/t7-,8?,9?,10-,11+,12?,14-,15?,16+,17?,18?,19-,20?,21+,22?,23-/m1/s1. The molecule has 1 saturated carbocycles. The fourth-order valence-electron chi connectivity index (χ4n) is 5.88. The third kappa shape index (κ3) is 6.59. The van der Waals surface area contributed by atoms with E-state index in [1.54, 1.807) is 7.05 Å². The second-order valence-electron chi connectivity index (χ2n) is 10.9. The van der Waals surface area contributed by atoms with E-state index in [4.69, 9.17) is 46.6 Å². The topological polar surface area (TPSA) is 293 Å². The zero-order valence-corrected chi connectivity index (χ0v) is 22.3. The molecule has 16 atom stereocenters. The van der Waals surface area contributed by atoms with Gasteiger partial charge in [0, 0.05) is 12.1 Å². The van der Waals surface area contributed by atoms with Crippen molar-refractivity contribution in [1.29, 1.82) is 0 Å². The molecule has 4 fully saturated rings. The van der Waals surface area contributed by atoms with Gasteiger partial charge in [-0.05, 0) is 26.3 Å². The number of carbonyl (C=O) groups is 1. The molecular formula is C23H44N6O11. The summed E-state index contributed by atoms with van der Waals surface area (Å²) < 4.78 is 29.6. The fraction of sp³-hybridized carbons (Fsp3) is 0.957. The third-order valence-electron chi connectivity index (χ3n) is 8.03. The summed E-state index contributed by atoms with van der Waals surface area (Å²) in [6, 6.07) is -3.52. The molecule has 3 aliphatic heterocycles. The number of nitrogens with two attached hydrogens (primary N) is 4. The van der Waals surface area contributed by atoms with Gasteiger partial charge in [-0.3, -0.25) is 4.79 Å². The molecule has 4 aliphatic rings. The average molecular weight is 581 g/mol. The molecule has 17 nitrogen and oxygen atoms in total. The van der Waals surface area contributed by atoms with E-state index in [0.717, 1.165) is 0 Å². The summed E-state index contributed by atoms with van der Waals surface area (Å²) in [6.07, 6.45) is -11.6. The van der Waals surface area contributed by atoms with Gasteiger partial charge >= 0.3 is 0 Å². The second-order valence-corrected chi connectivity index (χ2v) is 10.9. The number of hydrogen-bond acceptors (Lipinski definition) is 16. The van der Waals surface area contributed by atoms with Crippen LogP contribution in [0, 0.1) is 0 Å². The van der Waals surface area contributed by atoms with Crippen molar-refractivity contribution in [3.63, 3.8) is 0 Å². The van der Waals surface area contributed by atoms with Gasteiger partial charge in [-0.25, -0.2) is 0 Å². The van der Waals surface area contributed by atoms with Crippen molar-refractivity contribution in [2.24, 2.45) is 22.9 Å². The van der Waals surface area contributed by atoms with Crippen LogP contribution in [0.25, 0.3) is 0 Å². The molecule has 232 valence electrons. The minimum Gasteiger partial charge on any atom is -0.394 e. The third-order valence-corrected chi connectivity index (χ3v) is 8.03. The summed E-state index contributed by atoms with van der Waals surface area (Å²) >= 11 is 0. The molecule has 1 aliphatic carbocycles. The van der Waals surface area contributed by atoms with E-state index in [2.05, 4.69) is 10.6 Å². The molecule has 3 heterocycles.